The van der Waals surface area contributed by atoms with Crippen LogP contribution >= 0.6 is 0 Å². The lowest BCUT2D eigenvalue weighted by atomic mass is 10.1. The van der Waals surface area contributed by atoms with Crippen LogP contribution in [0.3, 0.4) is 0 Å². The lowest BCUT2D eigenvalue weighted by Crippen LogP contribution is -2.44. The quantitative estimate of drug-likeness (QED) is 0.427. The summed E-state index contributed by atoms with van der Waals surface area (Å²) in [4.78, 5) is 47.2. The second kappa shape index (κ2) is 9.16. The number of amides is 3. The van der Waals surface area contributed by atoms with Gasteiger partial charge in [-0.15, -0.1) is 5.10 Å². The van der Waals surface area contributed by atoms with Gasteiger partial charge in [0.1, 0.15) is 5.70 Å². The molecule has 11 heteroatoms. The number of nitrogens with one attached hydrogen (secondary N) is 3. The summed E-state index contributed by atoms with van der Waals surface area (Å²) < 4.78 is 1.44. The molecule has 1 aliphatic heterocycles. The first-order valence-corrected chi connectivity index (χ1v) is 9.58. The number of aliphatic imine (C=N–C) groups is 1. The van der Waals surface area contributed by atoms with Gasteiger partial charge in [0.15, 0.2) is 5.65 Å². The van der Waals surface area contributed by atoms with E-state index in [0.29, 0.717) is 31.0 Å². The van der Waals surface area contributed by atoms with Crippen molar-refractivity contribution in [3.63, 3.8) is 0 Å². The van der Waals surface area contributed by atoms with Gasteiger partial charge in [0, 0.05) is 57.9 Å². The molecule has 2 aromatic heterocycles. The summed E-state index contributed by atoms with van der Waals surface area (Å²) in [6, 6.07) is 3.21. The number of aromatic nitrogens is 3. The second-order valence-corrected chi connectivity index (χ2v) is 6.54. The number of rotatable bonds is 7. The number of pyridine rings is 1. The van der Waals surface area contributed by atoms with Crippen molar-refractivity contribution in [3.8, 4) is 0 Å². The minimum Gasteiger partial charge on any atom is -0.383 e. The Kier molecular flexibility index (Phi) is 6.40. The first kappa shape index (κ1) is 21.0. The van der Waals surface area contributed by atoms with E-state index in [9.17, 15) is 14.4 Å². The maximum Gasteiger partial charge on any atom is 0.290 e. The molecule has 1 aliphatic rings. The van der Waals surface area contributed by atoms with Crippen LogP contribution in [0.15, 0.2) is 34.6 Å². The number of likely N-dealkylation sites (N-methyl/N-ethyl adjacent to an activating group) is 1. The maximum atomic E-state index is 12.9. The van der Waals surface area contributed by atoms with Gasteiger partial charge in [-0.3, -0.25) is 19.4 Å². The zero-order valence-electron chi connectivity index (χ0n) is 17.1. The number of hydrogen-bond donors (Lipinski definition) is 3. The molecular formula is C19H24N8O3. The standard InChI is InChI=1S/C19H24N8O3/c1-4-22-18(29)16-24-14-10-12(6-9-27(14)25-16)23-17(28)15(21-3)13(11-20-2)19(30)26-7-5-8-26/h6,9-11,21H,4-5,7-8H2,1-3H3,(H,22,29)(H,23,28)/b15-13+,20-11?. The molecule has 3 N–H and O–H groups in total. The Morgan fingerprint density at radius 2 is 2.07 bits per heavy atom. The summed E-state index contributed by atoms with van der Waals surface area (Å²) in [5, 5.41) is 12.3. The Hall–Kier alpha value is -3.76. The van der Waals surface area contributed by atoms with Gasteiger partial charge in [-0.1, -0.05) is 0 Å². The van der Waals surface area contributed by atoms with Gasteiger partial charge in [0.25, 0.3) is 17.7 Å². The third-order valence-corrected chi connectivity index (χ3v) is 4.51. The molecule has 0 bridgehead atoms. The molecule has 3 rings (SSSR count). The molecule has 3 heterocycles. The number of hydrogen-bond acceptors (Lipinski definition) is 7. The van der Waals surface area contributed by atoms with Crippen molar-refractivity contribution in [1.29, 1.82) is 0 Å². The van der Waals surface area contributed by atoms with Crippen LogP contribution in [0.1, 0.15) is 24.0 Å². The highest BCUT2D eigenvalue weighted by molar-refractivity contribution is 6.20. The number of likely N-dealkylation sites (tertiary alicyclic amines) is 1. The molecule has 1 saturated heterocycles. The van der Waals surface area contributed by atoms with Crippen molar-refractivity contribution in [3.05, 3.63) is 35.4 Å². The molecule has 0 aliphatic carbocycles. The van der Waals surface area contributed by atoms with Gasteiger partial charge in [-0.05, 0) is 19.4 Å². The molecule has 2 aromatic rings. The molecule has 0 atom stereocenters. The molecule has 1 fully saturated rings. The number of carbonyl (C=O) groups is 3. The Balaban J connectivity index is 1.85. The summed E-state index contributed by atoms with van der Waals surface area (Å²) in [5.74, 6) is -1.07. The van der Waals surface area contributed by atoms with Crippen molar-refractivity contribution in [2.45, 2.75) is 13.3 Å². The Labute approximate surface area is 173 Å². The van der Waals surface area contributed by atoms with Crippen molar-refractivity contribution in [2.75, 3.05) is 39.0 Å². The smallest absolute Gasteiger partial charge is 0.290 e. The van der Waals surface area contributed by atoms with Crippen LogP contribution in [0.2, 0.25) is 0 Å². The van der Waals surface area contributed by atoms with Crippen LogP contribution in [-0.2, 0) is 9.59 Å². The molecule has 158 valence electrons. The summed E-state index contributed by atoms with van der Waals surface area (Å²) >= 11 is 0. The minimum atomic E-state index is -0.492. The van der Waals surface area contributed by atoms with Gasteiger partial charge in [-0.2, -0.15) is 0 Å². The number of nitrogens with zero attached hydrogens (tertiary/aromatic N) is 5. The van der Waals surface area contributed by atoms with E-state index < -0.39 is 5.91 Å². The largest absolute Gasteiger partial charge is 0.383 e. The van der Waals surface area contributed by atoms with Gasteiger partial charge in [0.05, 0.1) is 5.57 Å². The highest BCUT2D eigenvalue weighted by atomic mass is 16.2. The number of anilines is 1. The van der Waals surface area contributed by atoms with Crippen LogP contribution in [0, 0.1) is 0 Å². The SMILES string of the molecule is CCNC(=O)c1nc2cc(NC(=O)/C(NC)=C(/C=NC)C(=O)N3CCC3)ccn2n1. The highest BCUT2D eigenvalue weighted by Crippen LogP contribution is 2.15. The van der Waals surface area contributed by atoms with Gasteiger partial charge < -0.3 is 20.9 Å². The molecule has 30 heavy (non-hydrogen) atoms. The molecule has 0 saturated carbocycles. The average molecular weight is 412 g/mol. The fraction of sp³-hybridized carbons (Fsp3) is 0.368. The topological polar surface area (TPSA) is 133 Å². The molecule has 0 spiro atoms. The summed E-state index contributed by atoms with van der Waals surface area (Å²) in [7, 11) is 3.11. The predicted octanol–water partition coefficient (Wildman–Crippen LogP) is -0.176. The third kappa shape index (κ3) is 4.29. The van der Waals surface area contributed by atoms with Crippen LogP contribution in [0.4, 0.5) is 5.69 Å². The highest BCUT2D eigenvalue weighted by Gasteiger charge is 2.27. The maximum absolute atomic E-state index is 12.9. The van der Waals surface area contributed by atoms with E-state index in [0.717, 1.165) is 6.42 Å². The number of fused-ring (bicyclic) bond motifs is 1. The Bertz CT molecular complexity index is 1040. The summed E-state index contributed by atoms with van der Waals surface area (Å²) in [5.41, 5.74) is 1.15. The van der Waals surface area contributed by atoms with Crippen LogP contribution in [0.25, 0.3) is 5.65 Å². The predicted molar refractivity (Wildman–Crippen MR) is 111 cm³/mol. The van der Waals surface area contributed by atoms with Crippen LogP contribution < -0.4 is 16.0 Å². The van der Waals surface area contributed by atoms with E-state index in [1.54, 1.807) is 44.2 Å². The van der Waals surface area contributed by atoms with E-state index in [1.807, 2.05) is 0 Å². The second-order valence-electron chi connectivity index (χ2n) is 6.54. The normalized spacial score (nSPS) is 14.3. The van der Waals surface area contributed by atoms with E-state index in [1.165, 1.54) is 10.7 Å². The van der Waals surface area contributed by atoms with Crippen molar-refractivity contribution in [1.82, 2.24) is 30.1 Å². The zero-order chi connectivity index (χ0) is 21.7. The van der Waals surface area contributed by atoms with Crippen LogP contribution in [-0.4, -0.2) is 77.2 Å². The Morgan fingerprint density at radius 1 is 1.30 bits per heavy atom. The zero-order valence-corrected chi connectivity index (χ0v) is 17.1. The van der Waals surface area contributed by atoms with E-state index in [-0.39, 0.29) is 28.9 Å². The monoisotopic (exact) mass is 412 g/mol. The molecule has 0 radical (unpaired) electrons. The van der Waals surface area contributed by atoms with Crippen LogP contribution in [0.5, 0.6) is 0 Å². The lowest BCUT2D eigenvalue weighted by Gasteiger charge is -2.31. The van der Waals surface area contributed by atoms with E-state index in [2.05, 4.69) is 31.0 Å². The van der Waals surface area contributed by atoms with Crippen molar-refractivity contribution in [2.24, 2.45) is 4.99 Å². The summed E-state index contributed by atoms with van der Waals surface area (Å²) in [6.07, 6.45) is 3.91. The van der Waals surface area contributed by atoms with E-state index in [4.69, 9.17) is 0 Å². The molecular weight excluding hydrogens is 388 g/mol. The molecule has 0 aromatic carbocycles. The minimum absolute atomic E-state index is 0.0396. The van der Waals surface area contributed by atoms with E-state index >= 15 is 0 Å². The van der Waals surface area contributed by atoms with Crippen molar-refractivity contribution < 1.29 is 14.4 Å². The van der Waals surface area contributed by atoms with Gasteiger partial charge in [0.2, 0.25) is 5.82 Å². The third-order valence-electron chi connectivity index (χ3n) is 4.51. The molecule has 3 amide bonds. The Morgan fingerprint density at radius 3 is 2.67 bits per heavy atom. The van der Waals surface area contributed by atoms with Gasteiger partial charge in [-0.25, -0.2) is 9.50 Å². The first-order valence-electron chi connectivity index (χ1n) is 9.58. The number of carbonyl (C=O) groups excluding carboxylic acids is 3. The fourth-order valence-corrected chi connectivity index (χ4v) is 2.90. The summed E-state index contributed by atoms with van der Waals surface area (Å²) in [6.45, 7) is 3.60. The van der Waals surface area contributed by atoms with Crippen molar-refractivity contribution >= 4 is 35.3 Å². The van der Waals surface area contributed by atoms with Gasteiger partial charge >= 0.3 is 0 Å². The first-order chi connectivity index (χ1) is 14.5. The average Bonchev–Trinajstić information content (AvgIpc) is 3.10. The molecule has 0 unspecified atom stereocenters. The molecule has 11 nitrogen and oxygen atoms in total. The fourth-order valence-electron chi connectivity index (χ4n) is 2.90. The lowest BCUT2D eigenvalue weighted by molar-refractivity contribution is -0.130.